The molecule has 6 aromatic carbocycles. The molecule has 0 aliphatic heterocycles. The summed E-state index contributed by atoms with van der Waals surface area (Å²) >= 11 is 0. The van der Waals surface area contributed by atoms with Crippen LogP contribution >= 0.6 is 0 Å². The van der Waals surface area contributed by atoms with Gasteiger partial charge in [0.1, 0.15) is 0 Å². The first-order chi connectivity index (χ1) is 20.3. The van der Waals surface area contributed by atoms with Crippen LogP contribution in [0.4, 0.5) is 17.1 Å². The quantitative estimate of drug-likeness (QED) is 0.223. The average molecular weight is 523 g/mol. The van der Waals surface area contributed by atoms with E-state index in [4.69, 9.17) is 0 Å². The lowest BCUT2D eigenvalue weighted by Gasteiger charge is -2.26. The summed E-state index contributed by atoms with van der Waals surface area (Å²) < 4.78 is 0. The Morgan fingerprint density at radius 3 is 1.71 bits per heavy atom. The molecular formula is C39H26N2. The van der Waals surface area contributed by atoms with Gasteiger partial charge in [0.25, 0.3) is 0 Å². The van der Waals surface area contributed by atoms with Crippen molar-refractivity contribution in [2.24, 2.45) is 0 Å². The first-order valence-corrected chi connectivity index (χ1v) is 14.0. The predicted octanol–water partition coefficient (Wildman–Crippen LogP) is 10.7. The summed E-state index contributed by atoms with van der Waals surface area (Å²) in [6.45, 7) is 0. The molecule has 2 nitrogen and oxygen atoms in total. The number of hydrogen-bond acceptors (Lipinski definition) is 2. The van der Waals surface area contributed by atoms with Crippen molar-refractivity contribution in [2.45, 2.75) is 0 Å². The molecule has 7 aromatic rings. The van der Waals surface area contributed by atoms with Crippen molar-refractivity contribution in [2.75, 3.05) is 4.90 Å². The van der Waals surface area contributed by atoms with Gasteiger partial charge in [0.05, 0.1) is 0 Å². The minimum atomic E-state index is 1.07. The minimum absolute atomic E-state index is 1.07. The molecule has 8 rings (SSSR count). The summed E-state index contributed by atoms with van der Waals surface area (Å²) in [6.07, 6.45) is 3.71. The number of anilines is 3. The third kappa shape index (κ3) is 3.92. The second kappa shape index (κ2) is 9.62. The highest BCUT2D eigenvalue weighted by Crippen LogP contribution is 2.50. The molecule has 1 heterocycles. The summed E-state index contributed by atoms with van der Waals surface area (Å²) in [5.41, 5.74) is 13.3. The predicted molar refractivity (Wildman–Crippen MR) is 172 cm³/mol. The van der Waals surface area contributed by atoms with Crippen LogP contribution < -0.4 is 4.90 Å². The van der Waals surface area contributed by atoms with Crippen LogP contribution in [0.2, 0.25) is 0 Å². The maximum absolute atomic E-state index is 4.29. The smallest absolute Gasteiger partial charge is 0.0492 e. The van der Waals surface area contributed by atoms with Gasteiger partial charge in [-0.25, -0.2) is 0 Å². The van der Waals surface area contributed by atoms with Gasteiger partial charge in [-0.3, -0.25) is 4.98 Å². The third-order valence-corrected chi connectivity index (χ3v) is 8.08. The Hall–Kier alpha value is -5.47. The number of para-hydroxylation sites is 1. The molecule has 0 saturated carbocycles. The van der Waals surface area contributed by atoms with Crippen molar-refractivity contribution < 1.29 is 0 Å². The summed E-state index contributed by atoms with van der Waals surface area (Å²) in [4.78, 5) is 6.61. The molecule has 0 N–H and O–H groups in total. The number of benzene rings is 6. The molecule has 2 heteroatoms. The largest absolute Gasteiger partial charge is 0.310 e. The van der Waals surface area contributed by atoms with Crippen molar-refractivity contribution in [3.63, 3.8) is 0 Å². The van der Waals surface area contributed by atoms with Gasteiger partial charge in [-0.2, -0.15) is 0 Å². The van der Waals surface area contributed by atoms with Gasteiger partial charge < -0.3 is 4.90 Å². The van der Waals surface area contributed by atoms with E-state index in [-0.39, 0.29) is 0 Å². The maximum atomic E-state index is 4.29. The molecule has 0 fully saturated rings. The van der Waals surface area contributed by atoms with E-state index in [9.17, 15) is 0 Å². The zero-order valence-electron chi connectivity index (χ0n) is 22.4. The SMILES string of the molecule is c1ccc(-c2cc(-c3ccc4c5c(cccc35)-c3ccccc3-4)cc(N(c3ccccc3)c3ccncc3)c2)cc1. The van der Waals surface area contributed by atoms with Crippen LogP contribution in [0.3, 0.4) is 0 Å². The number of pyridine rings is 1. The fourth-order valence-corrected chi connectivity index (χ4v) is 6.27. The highest BCUT2D eigenvalue weighted by atomic mass is 15.1. The van der Waals surface area contributed by atoms with Gasteiger partial charge in [-0.1, -0.05) is 103 Å². The van der Waals surface area contributed by atoms with E-state index >= 15 is 0 Å². The van der Waals surface area contributed by atoms with Gasteiger partial charge in [0.15, 0.2) is 0 Å². The van der Waals surface area contributed by atoms with Crippen LogP contribution in [-0.4, -0.2) is 4.98 Å². The molecule has 1 aliphatic carbocycles. The zero-order valence-corrected chi connectivity index (χ0v) is 22.4. The highest BCUT2D eigenvalue weighted by molar-refractivity contribution is 6.18. The van der Waals surface area contributed by atoms with E-state index < -0.39 is 0 Å². The molecule has 1 aromatic heterocycles. The monoisotopic (exact) mass is 522 g/mol. The van der Waals surface area contributed by atoms with E-state index in [0.29, 0.717) is 0 Å². The van der Waals surface area contributed by atoms with Crippen LogP contribution in [0.15, 0.2) is 158 Å². The van der Waals surface area contributed by atoms with Gasteiger partial charge in [0.2, 0.25) is 0 Å². The number of aromatic nitrogens is 1. The lowest BCUT2D eigenvalue weighted by atomic mass is 9.92. The second-order valence-corrected chi connectivity index (χ2v) is 10.4. The van der Waals surface area contributed by atoms with Crippen LogP contribution in [0.25, 0.3) is 55.3 Å². The van der Waals surface area contributed by atoms with Crippen LogP contribution in [-0.2, 0) is 0 Å². The molecule has 0 radical (unpaired) electrons. The Morgan fingerprint density at radius 2 is 0.951 bits per heavy atom. The Morgan fingerprint density at radius 1 is 0.366 bits per heavy atom. The molecule has 0 unspecified atom stereocenters. The number of hydrogen-bond donors (Lipinski definition) is 0. The number of nitrogens with zero attached hydrogens (tertiary/aromatic N) is 2. The lowest BCUT2D eigenvalue weighted by Crippen LogP contribution is -2.10. The van der Waals surface area contributed by atoms with Crippen molar-refractivity contribution >= 4 is 27.8 Å². The summed E-state index contributed by atoms with van der Waals surface area (Å²) in [6, 6.07) is 52.4. The Kier molecular flexibility index (Phi) is 5.49. The topological polar surface area (TPSA) is 16.1 Å². The van der Waals surface area contributed by atoms with Crippen molar-refractivity contribution in [3.8, 4) is 44.5 Å². The molecule has 0 bridgehead atoms. The van der Waals surface area contributed by atoms with Crippen molar-refractivity contribution in [3.05, 3.63) is 158 Å². The van der Waals surface area contributed by atoms with Crippen molar-refractivity contribution in [1.82, 2.24) is 4.98 Å². The maximum Gasteiger partial charge on any atom is 0.0492 e. The van der Waals surface area contributed by atoms with Crippen LogP contribution in [0.5, 0.6) is 0 Å². The van der Waals surface area contributed by atoms with E-state index in [2.05, 4.69) is 155 Å². The van der Waals surface area contributed by atoms with Gasteiger partial charge in [0, 0.05) is 29.5 Å². The molecule has 192 valence electrons. The summed E-state index contributed by atoms with van der Waals surface area (Å²) in [5, 5.41) is 2.62. The fourth-order valence-electron chi connectivity index (χ4n) is 6.27. The van der Waals surface area contributed by atoms with Crippen molar-refractivity contribution in [1.29, 1.82) is 0 Å². The zero-order chi connectivity index (χ0) is 27.2. The molecule has 0 spiro atoms. The Balaban J connectivity index is 1.39. The highest BCUT2D eigenvalue weighted by Gasteiger charge is 2.23. The molecule has 41 heavy (non-hydrogen) atoms. The van der Waals surface area contributed by atoms with Crippen LogP contribution in [0, 0.1) is 0 Å². The van der Waals surface area contributed by atoms with E-state index in [1.165, 1.54) is 55.3 Å². The number of fused-ring (bicyclic) bond motifs is 3. The molecule has 0 amide bonds. The first-order valence-electron chi connectivity index (χ1n) is 14.0. The van der Waals surface area contributed by atoms with Gasteiger partial charge >= 0.3 is 0 Å². The average Bonchev–Trinajstić information content (AvgIpc) is 3.38. The fraction of sp³-hybridized carbons (Fsp3) is 0. The van der Waals surface area contributed by atoms with E-state index in [1.807, 2.05) is 12.4 Å². The number of rotatable bonds is 5. The standard InChI is InChI=1S/C39H26N2/c1-3-10-27(11-4-1)28-24-29(26-32(25-28)41(30-12-5-2-6-13-30)31-20-22-40-23-21-31)33-18-19-38-35-15-8-7-14-34(35)37-17-9-16-36(33)39(37)38/h1-26H. The Labute approximate surface area is 239 Å². The Bertz CT molecular complexity index is 1960. The summed E-state index contributed by atoms with van der Waals surface area (Å²) in [7, 11) is 0. The molecule has 0 saturated heterocycles. The molecular weight excluding hydrogens is 496 g/mol. The minimum Gasteiger partial charge on any atom is -0.310 e. The van der Waals surface area contributed by atoms with E-state index in [1.54, 1.807) is 0 Å². The lowest BCUT2D eigenvalue weighted by molar-refractivity contribution is 1.24. The van der Waals surface area contributed by atoms with Gasteiger partial charge in [-0.05, 0) is 97.7 Å². The molecule has 0 atom stereocenters. The van der Waals surface area contributed by atoms with E-state index in [0.717, 1.165) is 17.1 Å². The third-order valence-electron chi connectivity index (χ3n) is 8.08. The van der Waals surface area contributed by atoms with Crippen LogP contribution in [0.1, 0.15) is 0 Å². The first kappa shape index (κ1) is 23.4. The van der Waals surface area contributed by atoms with Gasteiger partial charge in [-0.15, -0.1) is 0 Å². The summed E-state index contributed by atoms with van der Waals surface area (Å²) in [5.74, 6) is 0. The normalized spacial score (nSPS) is 11.4. The molecule has 1 aliphatic rings. The second-order valence-electron chi connectivity index (χ2n) is 10.4.